The molecule has 4 atom stereocenters. The lowest BCUT2D eigenvalue weighted by atomic mass is 9.88. The molecule has 1 aliphatic heterocycles. The van der Waals surface area contributed by atoms with E-state index in [0.717, 1.165) is 25.7 Å². The summed E-state index contributed by atoms with van der Waals surface area (Å²) in [7, 11) is 2.62. The fourth-order valence-corrected chi connectivity index (χ4v) is 8.16. The highest BCUT2D eigenvalue weighted by Gasteiger charge is 2.36. The van der Waals surface area contributed by atoms with Crippen molar-refractivity contribution in [3.05, 3.63) is 47.5 Å². The van der Waals surface area contributed by atoms with E-state index in [1.807, 2.05) is 0 Å². The van der Waals surface area contributed by atoms with Crippen molar-refractivity contribution in [1.82, 2.24) is 15.5 Å². The summed E-state index contributed by atoms with van der Waals surface area (Å²) in [4.78, 5) is 108. The Bertz CT molecular complexity index is 2050. The molecule has 2 aromatic carbocycles. The van der Waals surface area contributed by atoms with Crippen LogP contribution in [0.25, 0.3) is 11.1 Å². The number of likely N-dealkylation sites (N-methyl/N-ethyl adjacent to an activating group) is 1. The molecule has 0 spiro atoms. The van der Waals surface area contributed by atoms with E-state index in [1.54, 1.807) is 45.0 Å². The van der Waals surface area contributed by atoms with Crippen molar-refractivity contribution in [1.29, 1.82) is 0 Å². The van der Waals surface area contributed by atoms with Crippen LogP contribution in [0.2, 0.25) is 0 Å². The number of methoxy groups -OCH3 is 1. The van der Waals surface area contributed by atoms with Gasteiger partial charge in [0.05, 0.1) is 7.11 Å². The Kier molecular flexibility index (Phi) is 23.5. The van der Waals surface area contributed by atoms with E-state index >= 15 is 0 Å². The van der Waals surface area contributed by atoms with Crippen LogP contribution in [0.3, 0.4) is 0 Å². The van der Waals surface area contributed by atoms with Gasteiger partial charge in [-0.25, -0.2) is 9.59 Å². The molecule has 0 aromatic heterocycles. The number of primary amides is 2. The number of Topliss-reactive ketones (excluding diaryl/α,β-unsaturated/α-hetero) is 2. The molecular weight excluding hydrogens is 875 g/mol. The second-order valence-corrected chi connectivity index (χ2v) is 18.8. The van der Waals surface area contributed by atoms with Crippen LogP contribution in [0.1, 0.15) is 148 Å². The smallest absolute Gasteiger partial charge is 0.407 e. The van der Waals surface area contributed by atoms with Crippen LogP contribution in [0.4, 0.5) is 4.79 Å². The summed E-state index contributed by atoms with van der Waals surface area (Å²) in [5.41, 5.74) is 11.5. The average Bonchev–Trinajstić information content (AvgIpc) is 3.27. The van der Waals surface area contributed by atoms with Gasteiger partial charge in [0.15, 0.2) is 19.0 Å². The molecule has 0 aliphatic carbocycles. The van der Waals surface area contributed by atoms with Crippen molar-refractivity contribution in [3.63, 3.8) is 0 Å². The zero-order valence-electron chi connectivity index (χ0n) is 41.2. The summed E-state index contributed by atoms with van der Waals surface area (Å²) in [6, 6.07) is 6.85. The van der Waals surface area contributed by atoms with Crippen molar-refractivity contribution < 1.29 is 57.3 Å². The summed E-state index contributed by atoms with van der Waals surface area (Å²) in [5, 5.41) is 5.39. The average molecular weight is 950 g/mol. The molecule has 6 N–H and O–H groups in total. The molecule has 0 radical (unpaired) electrons. The lowest BCUT2D eigenvalue weighted by molar-refractivity contribution is -0.146. The van der Waals surface area contributed by atoms with Gasteiger partial charge >= 0.3 is 12.1 Å². The molecule has 17 heteroatoms. The van der Waals surface area contributed by atoms with Gasteiger partial charge in [-0.3, -0.25) is 28.8 Å². The van der Waals surface area contributed by atoms with Crippen LogP contribution in [0.5, 0.6) is 11.5 Å². The second kappa shape index (κ2) is 28.4. The Morgan fingerprint density at radius 3 is 1.93 bits per heavy atom. The van der Waals surface area contributed by atoms with Crippen LogP contribution in [0.15, 0.2) is 36.4 Å². The number of hydrogen-bond acceptors (Lipinski definition) is 12. The van der Waals surface area contributed by atoms with Crippen molar-refractivity contribution in [2.45, 2.75) is 155 Å². The highest BCUT2D eigenvalue weighted by Crippen LogP contribution is 2.41. The number of ketones is 2. The van der Waals surface area contributed by atoms with Crippen LogP contribution in [-0.4, -0.2) is 97.7 Å². The topological polar surface area (TPSA) is 253 Å². The number of unbranched alkanes of at least 4 members (excludes halogenated alkanes) is 10. The molecule has 0 saturated carbocycles. The third-order valence-corrected chi connectivity index (χ3v) is 11.7. The largest absolute Gasteiger partial charge is 0.483 e. The molecule has 0 fully saturated rings. The molecule has 0 saturated heterocycles. The number of fused-ring (bicyclic) bond motifs is 5. The van der Waals surface area contributed by atoms with Gasteiger partial charge in [-0.15, -0.1) is 0 Å². The molecule has 5 amide bonds. The van der Waals surface area contributed by atoms with Crippen molar-refractivity contribution >= 4 is 47.3 Å². The number of esters is 1. The number of carbonyl (C=O) groups is 8. The van der Waals surface area contributed by atoms with E-state index in [1.165, 1.54) is 76.6 Å². The zero-order chi connectivity index (χ0) is 50.4. The molecular formula is C51H75N5O12. The number of rotatable bonds is 26. The quantitative estimate of drug-likeness (QED) is 0.0576. The van der Waals surface area contributed by atoms with Crippen molar-refractivity contribution in [3.8, 4) is 22.6 Å². The molecule has 0 unspecified atom stereocenters. The Morgan fingerprint density at radius 1 is 0.809 bits per heavy atom. The van der Waals surface area contributed by atoms with Crippen molar-refractivity contribution in [2.24, 2.45) is 23.3 Å². The Morgan fingerprint density at radius 2 is 1.37 bits per heavy atom. The molecule has 17 nitrogen and oxygen atoms in total. The highest BCUT2D eigenvalue weighted by atomic mass is 16.6. The van der Waals surface area contributed by atoms with Gasteiger partial charge in [0.2, 0.25) is 11.8 Å². The zero-order valence-corrected chi connectivity index (χ0v) is 41.2. The third kappa shape index (κ3) is 19.3. The first-order valence-corrected chi connectivity index (χ1v) is 24.0. The van der Waals surface area contributed by atoms with E-state index < -0.39 is 84.2 Å². The van der Waals surface area contributed by atoms with E-state index in [0.29, 0.717) is 12.0 Å². The third-order valence-electron chi connectivity index (χ3n) is 11.7. The first-order chi connectivity index (χ1) is 32.2. The maximum atomic E-state index is 14.9. The molecule has 1 aliphatic rings. The standard InChI is InChI=1S/C51H75N5O12/c1-8-9-10-11-12-13-14-15-16-17-18-19-37(57)29-36(24-25-54-50(64)68-51(3,4)5)48(62)56(6)46-35-21-23-43(67-32-45(53)60)39(30-35)38-27-34(20-22-42(38)66-31-44(52)59)28-40(49(63)65-7)55-47(61)33(2)26-41(46)58/h20-23,27,30,33,36,40,46H,8-19,24-26,28-29,31-32H2,1-7H3,(H2,52,59)(H2,53,60)(H,54,64)(H,55,61)/t33-,36-,40+,46+/m1/s1. The fraction of sp³-hybridized carbons (Fsp3) is 0.608. The van der Waals surface area contributed by atoms with E-state index in [4.69, 9.17) is 30.4 Å². The van der Waals surface area contributed by atoms with E-state index in [-0.39, 0.29) is 72.6 Å². The predicted molar refractivity (Wildman–Crippen MR) is 256 cm³/mol. The molecule has 376 valence electrons. The molecule has 2 aromatic rings. The number of amides is 5. The maximum absolute atomic E-state index is 14.9. The summed E-state index contributed by atoms with van der Waals surface area (Å²) in [5.74, 6) is -5.87. The molecule has 3 rings (SSSR count). The lowest BCUT2D eigenvalue weighted by Gasteiger charge is -2.32. The normalized spacial score (nSPS) is 16.6. The van der Waals surface area contributed by atoms with Crippen LogP contribution < -0.4 is 31.6 Å². The molecule has 1 heterocycles. The fourth-order valence-electron chi connectivity index (χ4n) is 8.16. The van der Waals surface area contributed by atoms with Gasteiger partial charge in [0.1, 0.15) is 35.0 Å². The van der Waals surface area contributed by atoms with Gasteiger partial charge in [-0.1, -0.05) is 90.2 Å². The highest BCUT2D eigenvalue weighted by molar-refractivity contribution is 5.96. The minimum absolute atomic E-state index is 0.0114. The van der Waals surface area contributed by atoms with Crippen molar-refractivity contribution in [2.75, 3.05) is 33.9 Å². The Labute approximate surface area is 401 Å². The SMILES string of the molecule is CCCCCCCCCCCCCC(=O)C[C@@H](CCNC(=O)OC(C)(C)C)C(=O)N(C)[C@@H]1C(=O)C[C@@H](C)C(=O)N[C@H](C(=O)OC)Cc2ccc(OCC(N)=O)c(c2)-c2cc1ccc2OCC(N)=O. The van der Waals surface area contributed by atoms with E-state index in [2.05, 4.69) is 17.6 Å². The number of nitrogens with one attached hydrogen (secondary N) is 2. The number of alkyl carbamates (subject to hydrolysis) is 1. The summed E-state index contributed by atoms with van der Waals surface area (Å²) in [6.45, 7) is 7.83. The van der Waals surface area contributed by atoms with Gasteiger partial charge in [-0.05, 0) is 69.0 Å². The summed E-state index contributed by atoms with van der Waals surface area (Å²) >= 11 is 0. The van der Waals surface area contributed by atoms with Gasteiger partial charge in [0.25, 0.3) is 11.8 Å². The van der Waals surface area contributed by atoms with Gasteiger partial charge < -0.3 is 45.9 Å². The number of benzene rings is 2. The number of nitrogens with zero attached hydrogens (tertiary/aromatic N) is 1. The second-order valence-electron chi connectivity index (χ2n) is 18.8. The first kappa shape index (κ1) is 56.3. The van der Waals surface area contributed by atoms with E-state index in [9.17, 15) is 38.4 Å². The Balaban J connectivity index is 2.08. The minimum atomic E-state index is -1.36. The van der Waals surface area contributed by atoms with Crippen LogP contribution >= 0.6 is 0 Å². The number of ether oxygens (including phenoxy) is 4. The number of nitrogens with two attached hydrogens (primary N) is 2. The van der Waals surface area contributed by atoms with Gasteiger partial charge in [0, 0.05) is 62.2 Å². The number of carbonyl (C=O) groups excluding carboxylic acids is 8. The lowest BCUT2D eigenvalue weighted by Crippen LogP contribution is -2.46. The maximum Gasteiger partial charge on any atom is 0.407 e. The minimum Gasteiger partial charge on any atom is -0.483 e. The summed E-state index contributed by atoms with van der Waals surface area (Å²) in [6.07, 6.45) is 11.3. The predicted octanol–water partition coefficient (Wildman–Crippen LogP) is 6.58. The monoisotopic (exact) mass is 950 g/mol. The first-order valence-electron chi connectivity index (χ1n) is 24.0. The van der Waals surface area contributed by atoms with Gasteiger partial charge in [-0.2, -0.15) is 0 Å². The summed E-state index contributed by atoms with van der Waals surface area (Å²) < 4.78 is 22.1. The van der Waals surface area contributed by atoms with Crippen LogP contribution in [-0.2, 0) is 49.5 Å². The number of hydrogen-bond donors (Lipinski definition) is 4. The van der Waals surface area contributed by atoms with Crippen LogP contribution in [0, 0.1) is 11.8 Å². The molecule has 4 bridgehead atoms. The Hall–Kier alpha value is -6.00. The molecule has 68 heavy (non-hydrogen) atoms.